The largest absolute Gasteiger partial charge is 0.491 e. The van der Waals surface area contributed by atoms with E-state index in [-0.39, 0.29) is 23.4 Å². The summed E-state index contributed by atoms with van der Waals surface area (Å²) in [4.78, 5) is 4.70. The third kappa shape index (κ3) is 2.99. The summed E-state index contributed by atoms with van der Waals surface area (Å²) in [7, 11) is -1.14. The van der Waals surface area contributed by atoms with Crippen LogP contribution in [0.25, 0.3) is 0 Å². The van der Waals surface area contributed by atoms with E-state index in [2.05, 4.69) is 5.16 Å². The van der Waals surface area contributed by atoms with Crippen LogP contribution in [0.2, 0.25) is 0 Å². The second kappa shape index (κ2) is 6.49. The number of oxime groups is 1. The van der Waals surface area contributed by atoms with E-state index in [0.29, 0.717) is 11.0 Å². The first-order valence-electron chi connectivity index (χ1n) is 8.48. The normalized spacial score (nSPS) is 23.8. The molecule has 152 valence electrons. The highest BCUT2D eigenvalue weighted by Crippen LogP contribution is 2.49. The third-order valence-electron chi connectivity index (χ3n) is 5.09. The predicted octanol–water partition coefficient (Wildman–Crippen LogP) is 3.46. The van der Waals surface area contributed by atoms with Crippen molar-refractivity contribution in [1.82, 2.24) is 0 Å². The number of benzene rings is 2. The van der Waals surface area contributed by atoms with Gasteiger partial charge in [0.15, 0.2) is 17.5 Å². The molecule has 2 aliphatic rings. The molecule has 11 heteroatoms. The van der Waals surface area contributed by atoms with Gasteiger partial charge in [-0.2, -0.15) is 13.2 Å². The quantitative estimate of drug-likeness (QED) is 0.465. The Balaban J connectivity index is 1.74. The second-order valence-electron chi connectivity index (χ2n) is 6.86. The molecule has 0 aliphatic carbocycles. The number of fused-ring (bicyclic) bond motifs is 1. The van der Waals surface area contributed by atoms with Gasteiger partial charge in [0, 0.05) is 12.0 Å². The molecule has 0 amide bonds. The molecule has 0 spiro atoms. The van der Waals surface area contributed by atoms with Gasteiger partial charge < -0.3 is 14.5 Å². The van der Waals surface area contributed by atoms with Gasteiger partial charge in [0.1, 0.15) is 0 Å². The highest BCUT2D eigenvalue weighted by molar-refractivity contribution is 6.61. The average Bonchev–Trinajstić information content (AvgIpc) is 3.22. The lowest BCUT2D eigenvalue weighted by atomic mass is 9.78. The van der Waals surface area contributed by atoms with E-state index in [9.17, 15) is 31.4 Å². The average molecular weight is 415 g/mol. The van der Waals surface area contributed by atoms with Crippen LogP contribution in [0, 0.1) is 17.5 Å². The Labute approximate surface area is 160 Å². The van der Waals surface area contributed by atoms with Gasteiger partial charge >= 0.3 is 13.3 Å². The van der Waals surface area contributed by atoms with Crippen molar-refractivity contribution in [1.29, 1.82) is 0 Å². The van der Waals surface area contributed by atoms with Crippen molar-refractivity contribution in [2.24, 2.45) is 5.16 Å². The van der Waals surface area contributed by atoms with Crippen LogP contribution in [0.1, 0.15) is 36.1 Å². The molecule has 2 unspecified atom stereocenters. The van der Waals surface area contributed by atoms with Crippen LogP contribution in [-0.4, -0.2) is 24.0 Å². The molecule has 29 heavy (non-hydrogen) atoms. The van der Waals surface area contributed by atoms with E-state index in [1.807, 2.05) is 0 Å². The molecule has 2 atom stereocenters. The molecule has 2 heterocycles. The molecule has 1 N–H and O–H groups in total. The van der Waals surface area contributed by atoms with Gasteiger partial charge in [0.05, 0.1) is 11.8 Å². The third-order valence-corrected chi connectivity index (χ3v) is 5.09. The fraction of sp³-hybridized carbons (Fsp3) is 0.278. The maximum atomic E-state index is 13.9. The van der Waals surface area contributed by atoms with E-state index in [4.69, 9.17) is 9.49 Å². The molecule has 0 radical (unpaired) electrons. The van der Waals surface area contributed by atoms with Gasteiger partial charge in [0.25, 0.3) is 5.60 Å². The van der Waals surface area contributed by atoms with Gasteiger partial charge in [0.2, 0.25) is 0 Å². The Morgan fingerprint density at radius 1 is 1.14 bits per heavy atom. The summed E-state index contributed by atoms with van der Waals surface area (Å²) in [5, 5.41) is 13.3. The Morgan fingerprint density at radius 3 is 2.41 bits per heavy atom. The SMILES string of the molecule is CC1OB(O)c2ccc(C3=NOC(c4cc(F)c(F)c(F)c4)(C(F)(F)F)C3)cc21. The minimum Gasteiger partial charge on any atom is -0.423 e. The van der Waals surface area contributed by atoms with Crippen molar-refractivity contribution < 1.29 is 40.9 Å². The first-order chi connectivity index (χ1) is 13.5. The van der Waals surface area contributed by atoms with Crippen LogP contribution in [0.15, 0.2) is 35.5 Å². The number of nitrogens with zero attached hydrogens (tertiary/aromatic N) is 1. The molecule has 4 nitrogen and oxygen atoms in total. The molecule has 0 fully saturated rings. The maximum Gasteiger partial charge on any atom is 0.491 e. The highest BCUT2D eigenvalue weighted by Gasteiger charge is 2.62. The zero-order chi connectivity index (χ0) is 21.1. The predicted molar refractivity (Wildman–Crippen MR) is 89.8 cm³/mol. The van der Waals surface area contributed by atoms with Gasteiger partial charge in [-0.25, -0.2) is 13.2 Å². The van der Waals surface area contributed by atoms with Crippen molar-refractivity contribution in [2.75, 3.05) is 0 Å². The lowest BCUT2D eigenvalue weighted by Gasteiger charge is -2.29. The van der Waals surface area contributed by atoms with Crippen LogP contribution in [-0.2, 0) is 15.1 Å². The number of alkyl halides is 3. The Hall–Kier alpha value is -2.53. The summed E-state index contributed by atoms with van der Waals surface area (Å²) in [5.74, 6) is -5.41. The lowest BCUT2D eigenvalue weighted by Crippen LogP contribution is -2.43. The zero-order valence-electron chi connectivity index (χ0n) is 14.7. The van der Waals surface area contributed by atoms with Crippen molar-refractivity contribution >= 4 is 18.3 Å². The van der Waals surface area contributed by atoms with Crippen molar-refractivity contribution in [2.45, 2.75) is 31.2 Å². The molecule has 2 aromatic rings. The van der Waals surface area contributed by atoms with E-state index in [1.165, 1.54) is 18.2 Å². The fourth-order valence-corrected chi connectivity index (χ4v) is 3.52. The molecule has 0 aromatic heterocycles. The molecular weight excluding hydrogens is 403 g/mol. The molecule has 0 saturated heterocycles. The van der Waals surface area contributed by atoms with Crippen molar-refractivity contribution in [3.8, 4) is 0 Å². The standard InChI is InChI=1S/C18H12BF6NO3/c1-8-11-4-9(2-3-12(11)19(27)28-8)15-7-17(29-26-15,18(23,24)25)10-5-13(20)16(22)14(21)6-10/h2-6,8,27H,7H2,1H3. The van der Waals surface area contributed by atoms with Crippen LogP contribution in [0.4, 0.5) is 26.3 Å². The first-order valence-corrected chi connectivity index (χ1v) is 8.48. The summed E-state index contributed by atoms with van der Waals surface area (Å²) in [6, 6.07) is 4.94. The summed E-state index contributed by atoms with van der Waals surface area (Å²) >= 11 is 0. The van der Waals surface area contributed by atoms with E-state index in [0.717, 1.165) is 0 Å². The summed E-state index contributed by atoms with van der Waals surface area (Å²) in [6.45, 7) is 1.66. The molecule has 4 rings (SSSR count). The second-order valence-corrected chi connectivity index (χ2v) is 6.86. The van der Waals surface area contributed by atoms with Crippen LogP contribution in [0.3, 0.4) is 0 Å². The van der Waals surface area contributed by atoms with Crippen LogP contribution in [0.5, 0.6) is 0 Å². The molecule has 2 aliphatic heterocycles. The Morgan fingerprint density at radius 2 is 1.79 bits per heavy atom. The zero-order valence-corrected chi connectivity index (χ0v) is 14.7. The Kier molecular flexibility index (Phi) is 4.43. The smallest absolute Gasteiger partial charge is 0.423 e. The fourth-order valence-electron chi connectivity index (χ4n) is 3.52. The lowest BCUT2D eigenvalue weighted by molar-refractivity contribution is -0.276. The van der Waals surface area contributed by atoms with Gasteiger partial charge in [-0.15, -0.1) is 0 Å². The van der Waals surface area contributed by atoms with Crippen molar-refractivity contribution in [3.05, 3.63) is 64.5 Å². The minimum atomic E-state index is -5.10. The number of hydrogen-bond donors (Lipinski definition) is 1. The number of rotatable bonds is 2. The van der Waals surface area contributed by atoms with E-state index < -0.39 is 54.4 Å². The number of halogens is 6. The first kappa shape index (κ1) is 19.8. The highest BCUT2D eigenvalue weighted by atomic mass is 19.4. The topological polar surface area (TPSA) is 51.0 Å². The van der Waals surface area contributed by atoms with Crippen LogP contribution >= 0.6 is 0 Å². The van der Waals surface area contributed by atoms with Gasteiger partial charge in [-0.1, -0.05) is 17.3 Å². The number of hydrogen-bond acceptors (Lipinski definition) is 4. The molecule has 0 bridgehead atoms. The summed E-state index contributed by atoms with van der Waals surface area (Å²) in [6.07, 6.45) is -6.47. The molecular formula is C18H12BF6NO3. The molecule has 2 aromatic carbocycles. The Bertz CT molecular complexity index is 1000. The van der Waals surface area contributed by atoms with Crippen molar-refractivity contribution in [3.63, 3.8) is 0 Å². The minimum absolute atomic E-state index is 0.121. The summed E-state index contributed by atoms with van der Waals surface area (Å²) in [5.41, 5.74) is -2.91. The maximum absolute atomic E-state index is 13.9. The van der Waals surface area contributed by atoms with E-state index >= 15 is 0 Å². The van der Waals surface area contributed by atoms with E-state index in [1.54, 1.807) is 6.92 Å². The van der Waals surface area contributed by atoms with Gasteiger partial charge in [-0.3, -0.25) is 0 Å². The monoisotopic (exact) mass is 415 g/mol. The van der Waals surface area contributed by atoms with Gasteiger partial charge in [-0.05, 0) is 41.7 Å². The van der Waals surface area contributed by atoms with Crippen LogP contribution < -0.4 is 5.46 Å². The molecule has 0 saturated carbocycles. The summed E-state index contributed by atoms with van der Waals surface area (Å²) < 4.78 is 87.3.